The zero-order valence-electron chi connectivity index (χ0n) is 14.0. The lowest BCUT2D eigenvalue weighted by Gasteiger charge is -2.10. The zero-order valence-corrected chi connectivity index (χ0v) is 15.5. The van der Waals surface area contributed by atoms with Crippen molar-refractivity contribution < 1.29 is 14.3 Å². The van der Waals surface area contributed by atoms with Crippen molar-refractivity contribution in [3.63, 3.8) is 0 Å². The summed E-state index contributed by atoms with van der Waals surface area (Å²) >= 11 is 7.04. The van der Waals surface area contributed by atoms with Crippen molar-refractivity contribution in [2.24, 2.45) is 0 Å². The number of hydrogen-bond acceptors (Lipinski definition) is 4. The monoisotopic (exact) mass is 378 g/mol. The highest BCUT2D eigenvalue weighted by Gasteiger charge is 2.08. The van der Waals surface area contributed by atoms with Crippen LogP contribution in [0.2, 0.25) is 5.02 Å². The highest BCUT2D eigenvalue weighted by molar-refractivity contribution is 8.00. The molecule has 2 rings (SSSR count). The van der Waals surface area contributed by atoms with E-state index in [2.05, 4.69) is 10.6 Å². The fraction of sp³-hybridized carbons (Fsp3) is 0.222. The van der Waals surface area contributed by atoms with Gasteiger partial charge >= 0.3 is 0 Å². The van der Waals surface area contributed by atoms with Crippen LogP contribution in [-0.4, -0.2) is 30.4 Å². The Bertz CT molecular complexity index is 750. The highest BCUT2D eigenvalue weighted by Crippen LogP contribution is 2.21. The van der Waals surface area contributed by atoms with E-state index in [1.807, 2.05) is 13.0 Å². The first kappa shape index (κ1) is 19.1. The third kappa shape index (κ3) is 6.32. The molecule has 0 aliphatic rings. The lowest BCUT2D eigenvalue weighted by Crippen LogP contribution is -2.18. The van der Waals surface area contributed by atoms with Crippen molar-refractivity contribution >= 4 is 46.6 Å². The van der Waals surface area contributed by atoms with Crippen LogP contribution in [0.1, 0.15) is 5.56 Å². The van der Waals surface area contributed by atoms with Gasteiger partial charge in [0.25, 0.3) is 0 Å². The van der Waals surface area contributed by atoms with Gasteiger partial charge in [0.1, 0.15) is 5.75 Å². The molecule has 0 radical (unpaired) electrons. The Kier molecular flexibility index (Phi) is 7.16. The lowest BCUT2D eigenvalue weighted by atomic mass is 10.2. The van der Waals surface area contributed by atoms with Crippen molar-refractivity contribution in [2.75, 3.05) is 29.2 Å². The van der Waals surface area contributed by atoms with Crippen molar-refractivity contribution in [1.82, 2.24) is 0 Å². The number of aryl methyl sites for hydroxylation is 1. The molecule has 0 heterocycles. The molecule has 25 heavy (non-hydrogen) atoms. The smallest absolute Gasteiger partial charge is 0.234 e. The van der Waals surface area contributed by atoms with Gasteiger partial charge in [0.05, 0.1) is 18.6 Å². The summed E-state index contributed by atoms with van der Waals surface area (Å²) in [4.78, 5) is 23.8. The number of carbonyl (C=O) groups excluding carboxylic acids is 2. The van der Waals surface area contributed by atoms with Crippen LogP contribution in [0.4, 0.5) is 11.4 Å². The molecule has 132 valence electrons. The molecule has 0 saturated heterocycles. The van der Waals surface area contributed by atoms with Gasteiger partial charge in [-0.3, -0.25) is 9.59 Å². The summed E-state index contributed by atoms with van der Waals surface area (Å²) in [5.41, 5.74) is 2.32. The number of hydrogen-bond donors (Lipinski definition) is 2. The number of ether oxygens (including phenoxy) is 1. The number of benzene rings is 2. The van der Waals surface area contributed by atoms with Gasteiger partial charge in [0.15, 0.2) is 0 Å². The number of amides is 2. The van der Waals surface area contributed by atoms with E-state index < -0.39 is 0 Å². The summed E-state index contributed by atoms with van der Waals surface area (Å²) < 4.78 is 5.13. The van der Waals surface area contributed by atoms with E-state index in [9.17, 15) is 9.59 Å². The van der Waals surface area contributed by atoms with Gasteiger partial charge in [0.2, 0.25) is 11.8 Å². The van der Waals surface area contributed by atoms with Crippen molar-refractivity contribution in [3.8, 4) is 5.75 Å². The maximum atomic E-state index is 12.0. The molecule has 0 fully saturated rings. The quantitative estimate of drug-likeness (QED) is 0.765. The van der Waals surface area contributed by atoms with E-state index in [0.29, 0.717) is 10.7 Å². The minimum absolute atomic E-state index is 0.155. The molecule has 2 amide bonds. The Morgan fingerprint density at radius 1 is 1.04 bits per heavy atom. The maximum Gasteiger partial charge on any atom is 0.234 e. The standard InChI is InChI=1S/C18H19ClN2O3S/c1-12-9-15(24-2)7-8-16(12)21-18(23)11-25-10-17(22)20-14-5-3-13(19)4-6-14/h3-9H,10-11H2,1-2H3,(H,20,22)(H,21,23). The van der Waals surface area contributed by atoms with Crippen LogP contribution >= 0.6 is 23.4 Å². The van der Waals surface area contributed by atoms with Crippen LogP contribution in [0.15, 0.2) is 42.5 Å². The molecule has 0 bridgehead atoms. The molecule has 0 atom stereocenters. The number of rotatable bonds is 7. The number of nitrogens with one attached hydrogen (secondary N) is 2. The van der Waals surface area contributed by atoms with Gasteiger partial charge in [-0.1, -0.05) is 11.6 Å². The number of methoxy groups -OCH3 is 1. The molecule has 0 aliphatic carbocycles. The Labute approximate surface area is 156 Å². The predicted octanol–water partition coefficient (Wildman–Crippen LogP) is 3.97. The summed E-state index contributed by atoms with van der Waals surface area (Å²) in [6.07, 6.45) is 0. The Morgan fingerprint density at radius 3 is 2.28 bits per heavy atom. The number of carbonyl (C=O) groups is 2. The largest absolute Gasteiger partial charge is 0.497 e. The summed E-state index contributed by atoms with van der Waals surface area (Å²) in [6, 6.07) is 12.3. The van der Waals surface area contributed by atoms with Crippen LogP contribution in [0, 0.1) is 6.92 Å². The molecule has 0 spiro atoms. The minimum atomic E-state index is -0.166. The summed E-state index contributed by atoms with van der Waals surface area (Å²) in [6.45, 7) is 1.89. The molecule has 5 nitrogen and oxygen atoms in total. The van der Waals surface area contributed by atoms with E-state index in [0.717, 1.165) is 17.0 Å². The fourth-order valence-corrected chi connectivity index (χ4v) is 2.80. The molecule has 2 aromatic carbocycles. The van der Waals surface area contributed by atoms with E-state index in [4.69, 9.17) is 16.3 Å². The van der Waals surface area contributed by atoms with E-state index in [1.165, 1.54) is 11.8 Å². The minimum Gasteiger partial charge on any atom is -0.497 e. The lowest BCUT2D eigenvalue weighted by molar-refractivity contribution is -0.114. The normalized spacial score (nSPS) is 10.2. The second kappa shape index (κ2) is 9.34. The van der Waals surface area contributed by atoms with Gasteiger partial charge in [-0.2, -0.15) is 0 Å². The van der Waals surface area contributed by atoms with Crippen LogP contribution in [0.5, 0.6) is 5.75 Å². The SMILES string of the molecule is COc1ccc(NC(=O)CSCC(=O)Nc2ccc(Cl)cc2)c(C)c1. The second-order valence-electron chi connectivity index (χ2n) is 5.28. The van der Waals surface area contributed by atoms with Crippen LogP contribution in [0.3, 0.4) is 0 Å². The first-order chi connectivity index (χ1) is 12.0. The van der Waals surface area contributed by atoms with E-state index in [1.54, 1.807) is 43.5 Å². The molecular weight excluding hydrogens is 360 g/mol. The number of thioether (sulfide) groups is 1. The molecular formula is C18H19ClN2O3S. The number of halogens is 1. The second-order valence-corrected chi connectivity index (χ2v) is 6.70. The summed E-state index contributed by atoms with van der Waals surface area (Å²) in [7, 11) is 1.60. The average Bonchev–Trinajstić information content (AvgIpc) is 2.58. The molecule has 2 aromatic rings. The van der Waals surface area contributed by atoms with Gasteiger partial charge in [-0.15, -0.1) is 11.8 Å². The molecule has 2 N–H and O–H groups in total. The Balaban J connectivity index is 1.74. The predicted molar refractivity (Wildman–Crippen MR) is 104 cm³/mol. The maximum absolute atomic E-state index is 12.0. The highest BCUT2D eigenvalue weighted by atomic mass is 35.5. The fourth-order valence-electron chi connectivity index (χ4n) is 2.06. The van der Waals surface area contributed by atoms with Crippen molar-refractivity contribution in [3.05, 3.63) is 53.1 Å². The molecule has 0 aromatic heterocycles. The first-order valence-corrected chi connectivity index (χ1v) is 9.09. The summed E-state index contributed by atoms with van der Waals surface area (Å²) in [5.74, 6) is 0.805. The molecule has 0 unspecified atom stereocenters. The van der Waals surface area contributed by atoms with E-state index >= 15 is 0 Å². The van der Waals surface area contributed by atoms with Gasteiger partial charge < -0.3 is 15.4 Å². The van der Waals surface area contributed by atoms with Crippen LogP contribution < -0.4 is 15.4 Å². The molecule has 0 saturated carbocycles. The van der Waals surface area contributed by atoms with Crippen molar-refractivity contribution in [1.29, 1.82) is 0 Å². The van der Waals surface area contributed by atoms with Crippen LogP contribution in [-0.2, 0) is 9.59 Å². The molecule has 0 aliphatic heterocycles. The topological polar surface area (TPSA) is 67.4 Å². The first-order valence-electron chi connectivity index (χ1n) is 7.55. The van der Waals surface area contributed by atoms with Crippen molar-refractivity contribution in [2.45, 2.75) is 6.92 Å². The van der Waals surface area contributed by atoms with E-state index in [-0.39, 0.29) is 23.3 Å². The molecule has 7 heteroatoms. The van der Waals surface area contributed by atoms with Gasteiger partial charge in [-0.05, 0) is 55.0 Å². The third-order valence-corrected chi connectivity index (χ3v) is 4.49. The average molecular weight is 379 g/mol. The number of anilines is 2. The third-order valence-electron chi connectivity index (χ3n) is 3.30. The Morgan fingerprint density at radius 2 is 1.68 bits per heavy atom. The van der Waals surface area contributed by atoms with Gasteiger partial charge in [-0.25, -0.2) is 0 Å². The van der Waals surface area contributed by atoms with Gasteiger partial charge in [0, 0.05) is 16.4 Å². The summed E-state index contributed by atoms with van der Waals surface area (Å²) in [5, 5.41) is 6.19. The zero-order chi connectivity index (χ0) is 18.2. The Hall–Kier alpha value is -2.18. The van der Waals surface area contributed by atoms with Crippen LogP contribution in [0.25, 0.3) is 0 Å².